The monoisotopic (exact) mass is 532 g/mol. The maximum Gasteiger partial charge on any atom is 0.333 e. The van der Waals surface area contributed by atoms with Crippen molar-refractivity contribution in [2.24, 2.45) is 11.7 Å². The molecule has 0 amide bonds. The maximum atomic E-state index is 11.8. The van der Waals surface area contributed by atoms with Crippen LogP contribution in [0.3, 0.4) is 0 Å². The minimum atomic E-state index is -0.303. The van der Waals surface area contributed by atoms with Gasteiger partial charge in [0, 0.05) is 16.9 Å². The van der Waals surface area contributed by atoms with Crippen LogP contribution in [0, 0.1) is 5.92 Å². The SMILES string of the molecule is CCOC(=O)/C(C)=C\C(C)=C\c1csc(C(N)Cc2ccc(OCc3ccccc3)cc2)n1.O=CC1CC1. The highest BCUT2D eigenvalue weighted by molar-refractivity contribution is 7.09. The van der Waals surface area contributed by atoms with E-state index in [1.165, 1.54) is 0 Å². The van der Waals surface area contributed by atoms with Crippen molar-refractivity contribution in [3.8, 4) is 5.75 Å². The van der Waals surface area contributed by atoms with Gasteiger partial charge in [0.25, 0.3) is 0 Å². The lowest BCUT2D eigenvalue weighted by Gasteiger charge is -2.10. The van der Waals surface area contributed by atoms with Gasteiger partial charge in [-0.3, -0.25) is 0 Å². The molecule has 1 saturated carbocycles. The summed E-state index contributed by atoms with van der Waals surface area (Å²) in [5.41, 5.74) is 11.0. The van der Waals surface area contributed by atoms with Crippen LogP contribution in [0.5, 0.6) is 5.75 Å². The normalized spacial score (nSPS) is 14.2. The second-order valence-corrected chi connectivity index (χ2v) is 10.1. The van der Waals surface area contributed by atoms with Crippen molar-refractivity contribution in [2.45, 2.75) is 52.7 Å². The summed E-state index contributed by atoms with van der Waals surface area (Å²) in [5.74, 6) is 0.984. The van der Waals surface area contributed by atoms with E-state index in [0.29, 0.717) is 31.1 Å². The molecule has 4 rings (SSSR count). The highest BCUT2D eigenvalue weighted by atomic mass is 32.1. The molecule has 1 aliphatic carbocycles. The van der Waals surface area contributed by atoms with Gasteiger partial charge in [-0.15, -0.1) is 11.3 Å². The number of allylic oxidation sites excluding steroid dienone is 2. The predicted molar refractivity (Wildman–Crippen MR) is 153 cm³/mol. The van der Waals surface area contributed by atoms with Gasteiger partial charge in [0.05, 0.1) is 18.3 Å². The average Bonchev–Trinajstić information content (AvgIpc) is 3.66. The lowest BCUT2D eigenvalue weighted by atomic mass is 10.1. The molecule has 7 heteroatoms. The molecule has 1 fully saturated rings. The van der Waals surface area contributed by atoms with Crippen LogP contribution in [-0.2, 0) is 27.4 Å². The Kier molecular flexibility index (Phi) is 11.5. The topological polar surface area (TPSA) is 91.5 Å². The number of aromatic nitrogens is 1. The fraction of sp³-hybridized carbons (Fsp3) is 0.323. The van der Waals surface area contributed by atoms with E-state index in [4.69, 9.17) is 15.2 Å². The van der Waals surface area contributed by atoms with E-state index < -0.39 is 0 Å². The minimum Gasteiger partial charge on any atom is -0.489 e. The third kappa shape index (κ3) is 10.1. The molecule has 0 bridgehead atoms. The standard InChI is InChI=1S/C27H30N2O3S.C4H6O/c1-4-31-27(30)20(3)14-19(2)15-23-18-33-26(29-23)25(28)16-21-10-12-24(13-11-21)32-17-22-8-6-5-7-9-22;5-3-4-1-2-4/h5-15,18,25H,4,16-17,28H2,1-3H3;3-4H,1-2H2/b19-15+,20-14-;. The second-order valence-electron chi connectivity index (χ2n) is 9.25. The van der Waals surface area contributed by atoms with E-state index in [9.17, 15) is 9.59 Å². The van der Waals surface area contributed by atoms with Crippen LogP contribution in [-0.4, -0.2) is 23.8 Å². The molecule has 0 radical (unpaired) electrons. The van der Waals surface area contributed by atoms with E-state index in [1.54, 1.807) is 31.3 Å². The van der Waals surface area contributed by atoms with Crippen LogP contribution < -0.4 is 10.5 Å². The third-order valence-electron chi connectivity index (χ3n) is 5.72. The Morgan fingerprint density at radius 1 is 1.11 bits per heavy atom. The minimum absolute atomic E-state index is 0.189. The van der Waals surface area contributed by atoms with Gasteiger partial charge in [-0.2, -0.15) is 0 Å². The molecule has 2 aromatic carbocycles. The fourth-order valence-electron chi connectivity index (χ4n) is 3.49. The number of carbonyl (C=O) groups is 2. The van der Waals surface area contributed by atoms with E-state index in [0.717, 1.165) is 52.3 Å². The zero-order valence-electron chi connectivity index (χ0n) is 22.3. The number of ether oxygens (including phenoxy) is 2. The maximum absolute atomic E-state index is 11.8. The molecule has 2 N–H and O–H groups in total. The van der Waals surface area contributed by atoms with Gasteiger partial charge in [0.2, 0.25) is 0 Å². The summed E-state index contributed by atoms with van der Waals surface area (Å²) in [6.45, 7) is 6.38. The van der Waals surface area contributed by atoms with Crippen LogP contribution in [0.15, 0.2) is 77.2 Å². The molecule has 200 valence electrons. The first-order valence-corrected chi connectivity index (χ1v) is 13.7. The smallest absolute Gasteiger partial charge is 0.333 e. The van der Waals surface area contributed by atoms with Crippen molar-refractivity contribution in [1.82, 2.24) is 4.98 Å². The summed E-state index contributed by atoms with van der Waals surface area (Å²) in [4.78, 5) is 26.0. The molecule has 1 aromatic heterocycles. The first kappa shape index (κ1) is 29.0. The summed E-state index contributed by atoms with van der Waals surface area (Å²) in [5, 5.41) is 2.86. The van der Waals surface area contributed by atoms with Crippen molar-refractivity contribution >= 4 is 29.7 Å². The Hall–Kier alpha value is -3.55. The van der Waals surface area contributed by atoms with Gasteiger partial charge in [0.15, 0.2) is 0 Å². The number of aldehydes is 1. The molecule has 1 aliphatic rings. The Bertz CT molecular complexity index is 1230. The predicted octanol–water partition coefficient (Wildman–Crippen LogP) is 6.47. The largest absolute Gasteiger partial charge is 0.489 e. The molecule has 38 heavy (non-hydrogen) atoms. The number of nitrogens with two attached hydrogens (primary N) is 1. The first-order chi connectivity index (χ1) is 18.4. The summed E-state index contributed by atoms with van der Waals surface area (Å²) in [7, 11) is 0. The number of benzene rings is 2. The van der Waals surface area contributed by atoms with E-state index in [-0.39, 0.29) is 12.0 Å². The van der Waals surface area contributed by atoms with Crippen LogP contribution in [0.2, 0.25) is 0 Å². The molecule has 0 aliphatic heterocycles. The molecule has 3 aromatic rings. The summed E-state index contributed by atoms with van der Waals surface area (Å²) >= 11 is 1.54. The van der Waals surface area contributed by atoms with E-state index >= 15 is 0 Å². The number of carbonyl (C=O) groups excluding carboxylic acids is 2. The van der Waals surface area contributed by atoms with Crippen LogP contribution >= 0.6 is 11.3 Å². The number of rotatable bonds is 11. The quantitative estimate of drug-likeness (QED) is 0.132. The van der Waals surface area contributed by atoms with Gasteiger partial charge in [-0.1, -0.05) is 42.5 Å². The van der Waals surface area contributed by atoms with Crippen molar-refractivity contribution in [3.05, 3.63) is 99.0 Å². The van der Waals surface area contributed by atoms with Gasteiger partial charge >= 0.3 is 5.97 Å². The molecule has 0 spiro atoms. The van der Waals surface area contributed by atoms with Crippen molar-refractivity contribution in [3.63, 3.8) is 0 Å². The third-order valence-corrected chi connectivity index (χ3v) is 6.71. The zero-order chi connectivity index (χ0) is 27.3. The molecular weight excluding hydrogens is 496 g/mol. The van der Waals surface area contributed by atoms with Crippen molar-refractivity contribution < 1.29 is 19.1 Å². The Labute approximate surface area is 229 Å². The Morgan fingerprint density at radius 2 is 1.82 bits per heavy atom. The molecule has 1 unspecified atom stereocenters. The van der Waals surface area contributed by atoms with Crippen molar-refractivity contribution in [2.75, 3.05) is 6.61 Å². The summed E-state index contributed by atoms with van der Waals surface area (Å²) in [6, 6.07) is 17.9. The number of thiazole rings is 1. The lowest BCUT2D eigenvalue weighted by Crippen LogP contribution is -2.13. The van der Waals surface area contributed by atoms with Crippen LogP contribution in [0.25, 0.3) is 6.08 Å². The van der Waals surface area contributed by atoms with Crippen LogP contribution in [0.1, 0.15) is 61.5 Å². The average molecular weight is 533 g/mol. The molecule has 6 nitrogen and oxygen atoms in total. The molecule has 0 saturated heterocycles. The van der Waals surface area contributed by atoms with Crippen LogP contribution in [0.4, 0.5) is 0 Å². The van der Waals surface area contributed by atoms with E-state index in [1.807, 2.05) is 73.0 Å². The number of nitrogens with zero attached hydrogens (tertiary/aromatic N) is 1. The highest BCUT2D eigenvalue weighted by Crippen LogP contribution is 2.25. The zero-order valence-corrected chi connectivity index (χ0v) is 23.1. The Balaban J connectivity index is 0.000000715. The molecule has 1 atom stereocenters. The number of esters is 1. The van der Waals surface area contributed by atoms with Gasteiger partial charge in [0.1, 0.15) is 23.7 Å². The number of hydrogen-bond donors (Lipinski definition) is 1. The van der Waals surface area contributed by atoms with E-state index in [2.05, 4.69) is 4.98 Å². The van der Waals surface area contributed by atoms with Gasteiger partial charge < -0.3 is 20.0 Å². The number of hydrogen-bond acceptors (Lipinski definition) is 7. The highest BCUT2D eigenvalue weighted by Gasteiger charge is 2.19. The molecular formula is C31H36N2O4S. The fourth-order valence-corrected chi connectivity index (χ4v) is 4.27. The van der Waals surface area contributed by atoms with Gasteiger partial charge in [-0.05, 0) is 81.0 Å². The molecule has 1 heterocycles. The summed E-state index contributed by atoms with van der Waals surface area (Å²) < 4.78 is 10.9. The lowest BCUT2D eigenvalue weighted by molar-refractivity contribution is -0.138. The summed E-state index contributed by atoms with van der Waals surface area (Å²) in [6.07, 6.45) is 7.75. The van der Waals surface area contributed by atoms with Crippen molar-refractivity contribution in [1.29, 1.82) is 0 Å². The first-order valence-electron chi connectivity index (χ1n) is 12.8. The second kappa shape index (κ2) is 15.0. The Morgan fingerprint density at radius 3 is 2.42 bits per heavy atom. The van der Waals surface area contributed by atoms with Gasteiger partial charge in [-0.25, -0.2) is 9.78 Å².